The molecule has 0 saturated carbocycles. The maximum Gasteiger partial charge on any atom is 0.161 e. The predicted molar refractivity (Wildman–Crippen MR) is 143 cm³/mol. The Kier molecular flexibility index (Phi) is 8.19. The van der Waals surface area contributed by atoms with Crippen molar-refractivity contribution in [3.05, 3.63) is 46.5 Å². The maximum atomic E-state index is 10.3. The van der Waals surface area contributed by atoms with Gasteiger partial charge < -0.3 is 24.6 Å². The highest BCUT2D eigenvalue weighted by molar-refractivity contribution is 8.93. The first-order chi connectivity index (χ1) is 16.6. The van der Waals surface area contributed by atoms with Gasteiger partial charge >= 0.3 is 0 Å². The van der Waals surface area contributed by atoms with Gasteiger partial charge in [-0.3, -0.25) is 4.90 Å². The molecule has 1 fully saturated rings. The molecular formula is C28H39BrN2O4. The van der Waals surface area contributed by atoms with E-state index in [0.717, 1.165) is 56.8 Å². The highest BCUT2D eigenvalue weighted by Crippen LogP contribution is 2.47. The average Bonchev–Trinajstić information content (AvgIpc) is 2.87. The van der Waals surface area contributed by atoms with Gasteiger partial charge in [0.05, 0.1) is 21.3 Å². The number of fused-ring (bicyclic) bond motifs is 4. The molecule has 3 heterocycles. The Morgan fingerprint density at radius 3 is 2.31 bits per heavy atom. The molecule has 6 nitrogen and oxygen atoms in total. The van der Waals surface area contributed by atoms with Crippen LogP contribution in [0.2, 0.25) is 0 Å². The molecule has 0 spiro atoms. The Bertz CT molecular complexity index is 1050. The molecule has 0 aromatic heterocycles. The Hall–Kier alpha value is -1.96. The zero-order valence-electron chi connectivity index (χ0n) is 21.3. The lowest BCUT2D eigenvalue weighted by atomic mass is 9.72. The largest absolute Gasteiger partial charge is 0.504 e. The monoisotopic (exact) mass is 546 g/mol. The number of nitrogens with zero attached hydrogens (tertiary/aromatic N) is 1. The highest BCUT2D eigenvalue weighted by atomic mass is 79.9. The van der Waals surface area contributed by atoms with Crippen LogP contribution in [0.4, 0.5) is 0 Å². The number of nitrogens with one attached hydrogen (secondary N) is 1. The van der Waals surface area contributed by atoms with E-state index in [1.165, 1.54) is 28.7 Å². The van der Waals surface area contributed by atoms with Gasteiger partial charge in [-0.2, -0.15) is 0 Å². The molecule has 5 rings (SSSR count). The van der Waals surface area contributed by atoms with Gasteiger partial charge in [-0.05, 0) is 90.6 Å². The first-order valence-electron chi connectivity index (χ1n) is 12.7. The summed E-state index contributed by atoms with van der Waals surface area (Å²) in [6, 6.07) is 9.06. The van der Waals surface area contributed by atoms with Crippen LogP contribution in [0, 0.1) is 11.8 Å². The summed E-state index contributed by atoms with van der Waals surface area (Å²) in [6.07, 6.45) is 5.46. The molecule has 4 unspecified atom stereocenters. The Morgan fingerprint density at radius 1 is 0.914 bits per heavy atom. The Balaban J connectivity index is 0.00000289. The minimum absolute atomic E-state index is 0. The molecule has 192 valence electrons. The van der Waals surface area contributed by atoms with Crippen LogP contribution in [0.25, 0.3) is 0 Å². The molecule has 4 atom stereocenters. The summed E-state index contributed by atoms with van der Waals surface area (Å²) in [5.41, 5.74) is 5.34. The first kappa shape index (κ1) is 26.1. The van der Waals surface area contributed by atoms with E-state index in [2.05, 4.69) is 29.3 Å². The van der Waals surface area contributed by atoms with E-state index in [0.29, 0.717) is 23.6 Å². The lowest BCUT2D eigenvalue weighted by molar-refractivity contribution is 0.0434. The van der Waals surface area contributed by atoms with Crippen molar-refractivity contribution in [2.75, 3.05) is 41.0 Å². The first-order valence-corrected chi connectivity index (χ1v) is 12.7. The van der Waals surface area contributed by atoms with Crippen LogP contribution >= 0.6 is 17.0 Å². The van der Waals surface area contributed by atoms with Crippen LogP contribution in [0.3, 0.4) is 0 Å². The molecule has 0 bridgehead atoms. The van der Waals surface area contributed by atoms with Crippen molar-refractivity contribution in [2.24, 2.45) is 11.8 Å². The molecule has 35 heavy (non-hydrogen) atoms. The summed E-state index contributed by atoms with van der Waals surface area (Å²) in [5, 5.41) is 14.1. The lowest BCUT2D eigenvalue weighted by Crippen LogP contribution is -2.46. The second kappa shape index (κ2) is 11.0. The molecule has 0 aliphatic carbocycles. The molecule has 2 aromatic rings. The summed E-state index contributed by atoms with van der Waals surface area (Å²) >= 11 is 0. The van der Waals surface area contributed by atoms with Crippen LogP contribution in [0.1, 0.15) is 60.5 Å². The van der Waals surface area contributed by atoms with Gasteiger partial charge in [0.15, 0.2) is 23.0 Å². The summed E-state index contributed by atoms with van der Waals surface area (Å²) in [4.78, 5) is 2.70. The lowest BCUT2D eigenvalue weighted by Gasteiger charge is -2.48. The fourth-order valence-corrected chi connectivity index (χ4v) is 6.59. The highest BCUT2D eigenvalue weighted by Gasteiger charge is 2.40. The van der Waals surface area contributed by atoms with E-state index in [1.54, 1.807) is 21.3 Å². The van der Waals surface area contributed by atoms with Crippen LogP contribution in [0.15, 0.2) is 24.3 Å². The molecule has 2 aromatic carbocycles. The number of hydrogen-bond acceptors (Lipinski definition) is 6. The molecule has 3 aliphatic heterocycles. The fourth-order valence-electron chi connectivity index (χ4n) is 6.59. The number of rotatable bonds is 6. The third kappa shape index (κ3) is 4.87. The summed E-state index contributed by atoms with van der Waals surface area (Å²) in [7, 11) is 5.06. The number of hydrogen-bond donors (Lipinski definition) is 2. The number of piperidine rings is 1. The zero-order chi connectivity index (χ0) is 23.8. The fraction of sp³-hybridized carbons (Fsp3) is 0.571. The predicted octanol–water partition coefficient (Wildman–Crippen LogP) is 5.22. The van der Waals surface area contributed by atoms with Crippen molar-refractivity contribution in [2.45, 2.75) is 51.1 Å². The third-order valence-corrected chi connectivity index (χ3v) is 8.44. The SMILES string of the molecule is Br.CCC1CN2CCc3cc(OC)c(OC)cc3C2CC1CC1NCCc2cc(O)c(OC)cc21. The van der Waals surface area contributed by atoms with E-state index in [4.69, 9.17) is 14.2 Å². The second-order valence-electron chi connectivity index (χ2n) is 10.0. The van der Waals surface area contributed by atoms with Gasteiger partial charge in [-0.1, -0.05) is 13.3 Å². The van der Waals surface area contributed by atoms with Crippen molar-refractivity contribution in [3.63, 3.8) is 0 Å². The number of phenolic OH excluding ortho intramolecular Hbond substituents is 1. The van der Waals surface area contributed by atoms with E-state index >= 15 is 0 Å². The van der Waals surface area contributed by atoms with Crippen molar-refractivity contribution in [1.29, 1.82) is 0 Å². The van der Waals surface area contributed by atoms with E-state index in [-0.39, 0.29) is 28.8 Å². The summed E-state index contributed by atoms with van der Waals surface area (Å²) in [6.45, 7) is 5.55. The van der Waals surface area contributed by atoms with Gasteiger partial charge in [-0.15, -0.1) is 17.0 Å². The van der Waals surface area contributed by atoms with E-state index < -0.39 is 0 Å². The number of halogens is 1. The van der Waals surface area contributed by atoms with Gasteiger partial charge in [0.2, 0.25) is 0 Å². The summed E-state index contributed by atoms with van der Waals surface area (Å²) < 4.78 is 16.7. The number of ether oxygens (including phenoxy) is 3. The second-order valence-corrected chi connectivity index (χ2v) is 10.0. The van der Waals surface area contributed by atoms with Gasteiger partial charge in [0.25, 0.3) is 0 Å². The van der Waals surface area contributed by atoms with Crippen molar-refractivity contribution < 1.29 is 19.3 Å². The van der Waals surface area contributed by atoms with Crippen LogP contribution in [-0.2, 0) is 12.8 Å². The molecule has 2 N–H and O–H groups in total. The Labute approximate surface area is 219 Å². The standard InChI is InChI=1S/C28H38N2O4.BrH/c1-5-17-16-30-9-7-19-13-27(33-3)28(34-4)15-22(19)24(30)11-20(17)10-23-21-14-26(32-2)25(31)12-18(21)6-8-29-23;/h12-15,17,20,23-24,29,31H,5-11,16H2,1-4H3;1H. The van der Waals surface area contributed by atoms with Crippen molar-refractivity contribution >= 4 is 17.0 Å². The number of benzene rings is 2. The molecule has 3 aliphatic rings. The van der Waals surface area contributed by atoms with E-state index in [9.17, 15) is 5.11 Å². The summed E-state index contributed by atoms with van der Waals surface area (Å²) in [5.74, 6) is 3.76. The van der Waals surface area contributed by atoms with Gasteiger partial charge in [0.1, 0.15) is 0 Å². The van der Waals surface area contributed by atoms with Crippen LogP contribution in [-0.4, -0.2) is 51.0 Å². The number of aromatic hydroxyl groups is 1. The quantitative estimate of drug-likeness (QED) is 0.518. The molecular weight excluding hydrogens is 508 g/mol. The van der Waals surface area contributed by atoms with Crippen molar-refractivity contribution in [1.82, 2.24) is 10.2 Å². The normalized spacial score (nSPS) is 25.5. The van der Waals surface area contributed by atoms with Gasteiger partial charge in [-0.25, -0.2) is 0 Å². The zero-order valence-corrected chi connectivity index (χ0v) is 23.0. The van der Waals surface area contributed by atoms with E-state index in [1.807, 2.05) is 12.1 Å². The number of phenols is 1. The molecule has 7 heteroatoms. The molecule has 0 amide bonds. The third-order valence-electron chi connectivity index (χ3n) is 8.44. The number of methoxy groups -OCH3 is 3. The van der Waals surface area contributed by atoms with Gasteiger partial charge in [0, 0.05) is 25.2 Å². The van der Waals surface area contributed by atoms with Crippen molar-refractivity contribution in [3.8, 4) is 23.0 Å². The van der Waals surface area contributed by atoms with Crippen LogP contribution < -0.4 is 19.5 Å². The topological polar surface area (TPSA) is 63.2 Å². The average molecular weight is 548 g/mol. The minimum Gasteiger partial charge on any atom is -0.504 e. The minimum atomic E-state index is 0. The maximum absolute atomic E-state index is 10.3. The molecule has 0 radical (unpaired) electrons. The van der Waals surface area contributed by atoms with Crippen LogP contribution in [0.5, 0.6) is 23.0 Å². The molecule has 1 saturated heterocycles. The Morgan fingerprint density at radius 2 is 1.60 bits per heavy atom. The smallest absolute Gasteiger partial charge is 0.161 e.